The summed E-state index contributed by atoms with van der Waals surface area (Å²) in [5.41, 5.74) is 0.781. The predicted octanol–water partition coefficient (Wildman–Crippen LogP) is 4.81. The van der Waals surface area contributed by atoms with E-state index in [1.54, 1.807) is 12.1 Å². The summed E-state index contributed by atoms with van der Waals surface area (Å²) in [5, 5.41) is 3.50. The minimum Gasteiger partial charge on any atom is -0.321 e. The van der Waals surface area contributed by atoms with E-state index in [1.165, 1.54) is 34.6 Å². The van der Waals surface area contributed by atoms with E-state index < -0.39 is 10.0 Å². The molecule has 144 valence electrons. The van der Waals surface area contributed by atoms with Crippen molar-refractivity contribution in [3.63, 3.8) is 0 Å². The lowest BCUT2D eigenvalue weighted by atomic mass is 10.2. The van der Waals surface area contributed by atoms with Crippen LogP contribution in [0.2, 0.25) is 10.0 Å². The third kappa shape index (κ3) is 4.82. The standard InChI is InChI=1S/C19H20Cl2N2O3S/c20-15-7-10-18(17(21)13-15)22-19(24)14-5-8-16(9-6-14)27(25,26)23-11-3-1-2-4-12-23/h5-10,13H,1-4,11-12H2,(H,22,24). The molecule has 1 aliphatic heterocycles. The second-order valence-corrected chi connectivity index (χ2v) is 9.20. The van der Waals surface area contributed by atoms with Crippen molar-refractivity contribution in [3.05, 3.63) is 58.1 Å². The van der Waals surface area contributed by atoms with Gasteiger partial charge in [-0.1, -0.05) is 36.0 Å². The van der Waals surface area contributed by atoms with E-state index in [0.717, 1.165) is 25.7 Å². The highest BCUT2D eigenvalue weighted by atomic mass is 35.5. The van der Waals surface area contributed by atoms with Crippen LogP contribution in [-0.2, 0) is 10.0 Å². The number of anilines is 1. The van der Waals surface area contributed by atoms with Crippen LogP contribution in [0, 0.1) is 0 Å². The van der Waals surface area contributed by atoms with Crippen LogP contribution in [0.3, 0.4) is 0 Å². The van der Waals surface area contributed by atoms with Crippen LogP contribution in [0.4, 0.5) is 5.69 Å². The van der Waals surface area contributed by atoms with Crippen molar-refractivity contribution in [3.8, 4) is 0 Å². The Kier molecular flexibility index (Phi) is 6.42. The Balaban J connectivity index is 1.75. The van der Waals surface area contributed by atoms with Crippen molar-refractivity contribution >= 4 is 44.8 Å². The Morgan fingerprint density at radius 2 is 1.56 bits per heavy atom. The van der Waals surface area contributed by atoms with Gasteiger partial charge in [0.1, 0.15) is 0 Å². The fourth-order valence-electron chi connectivity index (χ4n) is 2.99. The molecule has 0 aliphatic carbocycles. The molecular weight excluding hydrogens is 407 g/mol. The first-order valence-electron chi connectivity index (χ1n) is 8.74. The van der Waals surface area contributed by atoms with E-state index in [9.17, 15) is 13.2 Å². The third-order valence-electron chi connectivity index (χ3n) is 4.50. The molecular formula is C19H20Cl2N2O3S. The molecule has 3 rings (SSSR count). The van der Waals surface area contributed by atoms with E-state index in [2.05, 4.69) is 5.32 Å². The molecule has 1 heterocycles. The zero-order valence-electron chi connectivity index (χ0n) is 14.6. The summed E-state index contributed by atoms with van der Waals surface area (Å²) < 4.78 is 27.1. The molecule has 0 unspecified atom stereocenters. The van der Waals surface area contributed by atoms with Crippen molar-refractivity contribution < 1.29 is 13.2 Å². The molecule has 2 aromatic carbocycles. The smallest absolute Gasteiger partial charge is 0.255 e. The van der Waals surface area contributed by atoms with Gasteiger partial charge in [0.2, 0.25) is 10.0 Å². The Hall–Kier alpha value is -1.60. The van der Waals surface area contributed by atoms with E-state index in [4.69, 9.17) is 23.2 Å². The lowest BCUT2D eigenvalue weighted by molar-refractivity contribution is 0.102. The van der Waals surface area contributed by atoms with Crippen LogP contribution in [0.15, 0.2) is 47.4 Å². The summed E-state index contributed by atoms with van der Waals surface area (Å²) >= 11 is 11.9. The third-order valence-corrected chi connectivity index (χ3v) is 6.96. The lowest BCUT2D eigenvalue weighted by Crippen LogP contribution is -2.31. The van der Waals surface area contributed by atoms with Gasteiger partial charge < -0.3 is 5.32 Å². The normalized spacial score (nSPS) is 15.9. The van der Waals surface area contributed by atoms with Crippen LogP contribution >= 0.6 is 23.2 Å². The zero-order chi connectivity index (χ0) is 19.4. The number of nitrogens with one attached hydrogen (secondary N) is 1. The van der Waals surface area contributed by atoms with Crippen LogP contribution in [0.5, 0.6) is 0 Å². The molecule has 1 amide bonds. The van der Waals surface area contributed by atoms with Gasteiger partial charge >= 0.3 is 0 Å². The van der Waals surface area contributed by atoms with Crippen molar-refractivity contribution in [2.24, 2.45) is 0 Å². The number of nitrogens with zero attached hydrogens (tertiary/aromatic N) is 1. The maximum absolute atomic E-state index is 12.8. The maximum Gasteiger partial charge on any atom is 0.255 e. The van der Waals surface area contributed by atoms with Gasteiger partial charge in [0, 0.05) is 23.7 Å². The lowest BCUT2D eigenvalue weighted by Gasteiger charge is -2.20. The number of carbonyl (C=O) groups excluding carboxylic acids is 1. The van der Waals surface area contributed by atoms with Crippen LogP contribution < -0.4 is 5.32 Å². The van der Waals surface area contributed by atoms with Crippen LogP contribution in [0.25, 0.3) is 0 Å². The number of sulfonamides is 1. The number of carbonyl (C=O) groups is 1. The van der Waals surface area contributed by atoms with E-state index >= 15 is 0 Å². The first kappa shape index (κ1) is 20.1. The summed E-state index contributed by atoms with van der Waals surface area (Å²) in [6.07, 6.45) is 3.86. The van der Waals surface area contributed by atoms with E-state index in [-0.39, 0.29) is 10.8 Å². The topological polar surface area (TPSA) is 66.5 Å². The maximum atomic E-state index is 12.8. The number of hydrogen-bond acceptors (Lipinski definition) is 3. The largest absolute Gasteiger partial charge is 0.321 e. The molecule has 0 atom stereocenters. The predicted molar refractivity (Wildman–Crippen MR) is 108 cm³/mol. The molecule has 2 aromatic rings. The van der Waals surface area contributed by atoms with Crippen molar-refractivity contribution in [2.75, 3.05) is 18.4 Å². The molecule has 8 heteroatoms. The number of amides is 1. The van der Waals surface area contributed by atoms with E-state index in [1.807, 2.05) is 0 Å². The molecule has 0 radical (unpaired) electrons. The first-order chi connectivity index (χ1) is 12.9. The summed E-state index contributed by atoms with van der Waals surface area (Å²) in [5.74, 6) is -0.377. The fraction of sp³-hybridized carbons (Fsp3) is 0.316. The molecule has 1 saturated heterocycles. The monoisotopic (exact) mass is 426 g/mol. The summed E-state index contributed by atoms with van der Waals surface area (Å²) in [6, 6.07) is 10.7. The summed E-state index contributed by atoms with van der Waals surface area (Å²) in [6.45, 7) is 1.08. The summed E-state index contributed by atoms with van der Waals surface area (Å²) in [4.78, 5) is 12.6. The highest BCUT2D eigenvalue weighted by Gasteiger charge is 2.25. The van der Waals surface area contributed by atoms with Crippen LogP contribution in [0.1, 0.15) is 36.0 Å². The highest BCUT2D eigenvalue weighted by molar-refractivity contribution is 7.89. The average molecular weight is 427 g/mol. The fourth-order valence-corrected chi connectivity index (χ4v) is 4.97. The van der Waals surface area contributed by atoms with Crippen LogP contribution in [-0.4, -0.2) is 31.7 Å². The molecule has 0 aromatic heterocycles. The molecule has 5 nitrogen and oxygen atoms in total. The highest BCUT2D eigenvalue weighted by Crippen LogP contribution is 2.26. The molecule has 1 N–H and O–H groups in total. The van der Waals surface area contributed by atoms with Crippen molar-refractivity contribution in [2.45, 2.75) is 30.6 Å². The molecule has 0 saturated carbocycles. The number of halogens is 2. The number of rotatable bonds is 4. The molecule has 1 fully saturated rings. The van der Waals surface area contributed by atoms with Gasteiger partial charge in [-0.3, -0.25) is 4.79 Å². The van der Waals surface area contributed by atoms with Crippen molar-refractivity contribution in [1.29, 1.82) is 0 Å². The Bertz CT molecular complexity index is 922. The average Bonchev–Trinajstić information content (AvgIpc) is 2.94. The Morgan fingerprint density at radius 3 is 2.15 bits per heavy atom. The first-order valence-corrected chi connectivity index (χ1v) is 10.9. The van der Waals surface area contributed by atoms with Gasteiger partial charge in [-0.2, -0.15) is 4.31 Å². The second kappa shape index (κ2) is 8.61. The molecule has 1 aliphatic rings. The molecule has 0 bridgehead atoms. The van der Waals surface area contributed by atoms with Crippen molar-refractivity contribution in [1.82, 2.24) is 4.31 Å². The Morgan fingerprint density at radius 1 is 0.926 bits per heavy atom. The van der Waals surface area contributed by atoms with Gasteiger partial charge in [0.05, 0.1) is 15.6 Å². The number of hydrogen-bond donors (Lipinski definition) is 1. The minimum absolute atomic E-state index is 0.200. The van der Waals surface area contributed by atoms with Gasteiger partial charge in [0.25, 0.3) is 5.91 Å². The van der Waals surface area contributed by atoms with E-state index in [0.29, 0.717) is 34.4 Å². The minimum atomic E-state index is -3.53. The quantitative estimate of drug-likeness (QED) is 0.762. The molecule has 0 spiro atoms. The van der Waals surface area contributed by atoms with Gasteiger partial charge in [-0.05, 0) is 55.3 Å². The number of benzene rings is 2. The summed E-state index contributed by atoms with van der Waals surface area (Å²) in [7, 11) is -3.53. The van der Waals surface area contributed by atoms with Gasteiger partial charge in [-0.25, -0.2) is 8.42 Å². The Labute approximate surface area is 169 Å². The van der Waals surface area contributed by atoms with Gasteiger partial charge in [0.15, 0.2) is 0 Å². The SMILES string of the molecule is O=C(Nc1ccc(Cl)cc1Cl)c1ccc(S(=O)(=O)N2CCCCCC2)cc1. The zero-order valence-corrected chi connectivity index (χ0v) is 16.9. The molecule has 27 heavy (non-hydrogen) atoms. The second-order valence-electron chi connectivity index (χ2n) is 6.42. The van der Waals surface area contributed by atoms with Gasteiger partial charge in [-0.15, -0.1) is 0 Å².